The van der Waals surface area contributed by atoms with Crippen LogP contribution in [0.5, 0.6) is 0 Å². The van der Waals surface area contributed by atoms with Gasteiger partial charge in [-0.25, -0.2) is 18.4 Å². The normalized spacial score (nSPS) is 17.8. The fourth-order valence-corrected chi connectivity index (χ4v) is 18.3. The van der Waals surface area contributed by atoms with Gasteiger partial charge in [0.05, 0.1) is 101 Å². The molecule has 15 heterocycles. The van der Waals surface area contributed by atoms with Crippen LogP contribution in [0.15, 0.2) is 139 Å². The predicted octanol–water partition coefficient (Wildman–Crippen LogP) is 15.2. The quantitative estimate of drug-likeness (QED) is 0.0783. The van der Waals surface area contributed by atoms with Crippen LogP contribution in [0.25, 0.3) is 54.5 Å². The van der Waals surface area contributed by atoms with E-state index in [4.69, 9.17) is 50.8 Å². The Bertz CT molecular complexity index is 5990. The summed E-state index contributed by atoms with van der Waals surface area (Å²) in [6.45, 7) is 15.8. The minimum atomic E-state index is -4.42. The van der Waals surface area contributed by atoms with Gasteiger partial charge in [0, 0.05) is 205 Å². The maximum atomic E-state index is 13.3. The van der Waals surface area contributed by atoms with Crippen LogP contribution in [-0.4, -0.2) is 179 Å². The molecule has 115 heavy (non-hydrogen) atoms. The van der Waals surface area contributed by atoms with E-state index >= 15 is 0 Å². The van der Waals surface area contributed by atoms with Gasteiger partial charge in [0.25, 0.3) is 0 Å². The summed E-state index contributed by atoms with van der Waals surface area (Å²) in [5.41, 5.74) is 13.3. The SMILES string of the molecule is CN1C(=O)[C@@H]2CC[C@H]1CN(c1cc(Cl)cc3[nH]ncc13)C2.CS(=O)(=O)Nc1ccc(C2CCN(c3cc(Cl)cc4[nH]ncc34)CC2)cc1.Cc1nc2c(o1)CN(c1cc(C(F)(F)F)cc3[nH]ncc13)CC2(C)C.Cn1cc2c(n1)CN(c1cc(Cl)cc3[nH]ncc13)CC2.Cn1ccnc1N1CCN(c2cc(Cl)cc3[nH]ncc23)CC1. The number of carbonyl (C=O) groups is 1. The molecule has 600 valence electrons. The molecular weight excluding hydrogens is 1580 g/mol. The van der Waals surface area contributed by atoms with Crippen LogP contribution in [0.1, 0.15) is 85.2 Å². The highest BCUT2D eigenvalue weighted by atomic mass is 35.5. The summed E-state index contributed by atoms with van der Waals surface area (Å²) in [6.07, 6.45) is 16.8. The number of H-pyrrole nitrogens is 5. The van der Waals surface area contributed by atoms with Crippen LogP contribution in [0.4, 0.5) is 53.2 Å². The van der Waals surface area contributed by atoms with Gasteiger partial charge in [0.2, 0.25) is 21.9 Å². The van der Waals surface area contributed by atoms with Crippen molar-refractivity contribution >= 4 is 157 Å². The van der Waals surface area contributed by atoms with E-state index in [1.54, 1.807) is 13.1 Å². The minimum Gasteiger partial charge on any atom is -0.444 e. The number of rotatable bonds is 9. The lowest BCUT2D eigenvalue weighted by atomic mass is 9.84. The first-order chi connectivity index (χ1) is 55.1. The molecule has 6 N–H and O–H groups in total. The lowest BCUT2D eigenvalue weighted by Gasteiger charge is -2.38. The Morgan fingerprint density at radius 2 is 1.07 bits per heavy atom. The van der Waals surface area contributed by atoms with E-state index in [-0.39, 0.29) is 23.3 Å². The van der Waals surface area contributed by atoms with Crippen LogP contribution in [0.3, 0.4) is 0 Å². The van der Waals surface area contributed by atoms with Gasteiger partial charge in [-0.05, 0) is 122 Å². The summed E-state index contributed by atoms with van der Waals surface area (Å²) in [4.78, 5) is 36.7. The molecule has 21 rings (SSSR count). The number of amides is 1. The Balaban J connectivity index is 0.000000108. The van der Waals surface area contributed by atoms with E-state index in [1.165, 1.54) is 17.2 Å². The van der Waals surface area contributed by atoms with Gasteiger partial charge < -0.3 is 43.3 Å². The Morgan fingerprint density at radius 3 is 1.58 bits per heavy atom. The number of carbonyl (C=O) groups excluding carboxylic acids is 1. The van der Waals surface area contributed by atoms with E-state index in [1.807, 2.05) is 159 Å². The molecule has 14 aromatic rings. The third-order valence-electron chi connectivity index (χ3n) is 22.4. The standard InChI is InChI=1S/C19H21ClN4O2S.C17H17F3N4O.C15H17ClN6.C15H17ClN4O.C14H14ClN5/c1-27(25,26)23-16-4-2-13(3-5-16)14-6-8-24(9-7-14)19-11-15(20)10-18-17(19)12-21-22-18;1-9-22-15-14(25-9)7-24(8-16(15,2)3)13-5-10(17(18,19)20)4-12-11(13)6-21-23-12;1-20-3-2-17-15(20)22-6-4-21(5-7-22)14-9-11(16)8-13-12(14)10-18-19-13;1-19-11-3-2-9(15(19)21)7-20(8-11)14-5-10(16)4-13-12(14)6-17-18-13;1-19-7-9-2-3-20(8-13(9)18-19)14-5-10(15)4-12-11(14)6-16-17-12/h2-5,10-12,14,23H,6-9H2,1H3,(H,21,22);4-6H,7-8H2,1-3H3,(H,21,23);2-3,8-10H,4-7H2,1H3,(H,18,19);4-6,9,11H,2-3,7-8H2,1H3,(H,17,18);4-7H,2-3,8H2,1H3,(H,16,17)/t;;;9-,11+;/m...1./s1. The van der Waals surface area contributed by atoms with E-state index in [9.17, 15) is 26.4 Å². The van der Waals surface area contributed by atoms with Crippen LogP contribution in [0, 0.1) is 12.8 Å². The number of aryl methyl sites for hydroxylation is 3. The summed E-state index contributed by atoms with van der Waals surface area (Å²) in [5, 5.41) is 47.4. The number of piperazine rings is 1. The molecule has 35 heteroatoms. The molecule has 0 aliphatic carbocycles. The minimum absolute atomic E-state index is 0.0923. The number of sulfonamides is 1. The molecule has 0 radical (unpaired) electrons. The first-order valence-corrected chi connectivity index (χ1v) is 41.3. The lowest BCUT2D eigenvalue weighted by Crippen LogP contribution is -2.47. The third-order valence-corrected chi connectivity index (χ3v) is 23.9. The Hall–Kier alpha value is -10.7. The van der Waals surface area contributed by atoms with Gasteiger partial charge in [0.15, 0.2) is 5.89 Å². The number of likely N-dealkylation sites (N-methyl/N-ethyl adjacent to an activating group) is 1. The van der Waals surface area contributed by atoms with Crippen LogP contribution in [-0.2, 0) is 60.0 Å². The Labute approximate surface area is 680 Å². The number of aromatic nitrogens is 15. The summed E-state index contributed by atoms with van der Waals surface area (Å²) in [6, 6.07) is 25.9. The van der Waals surface area contributed by atoms with Gasteiger partial charge in [-0.3, -0.25) is 39.7 Å². The molecule has 1 amide bonds. The van der Waals surface area contributed by atoms with Crippen molar-refractivity contribution in [3.05, 3.63) is 194 Å². The number of anilines is 7. The van der Waals surface area contributed by atoms with E-state index in [0.29, 0.717) is 63.0 Å². The van der Waals surface area contributed by atoms with Gasteiger partial charge in [-0.15, -0.1) is 0 Å². The predicted molar refractivity (Wildman–Crippen MR) is 447 cm³/mol. The average Bonchev–Trinajstić information content (AvgIpc) is 1.46. The maximum Gasteiger partial charge on any atom is 0.416 e. The van der Waals surface area contributed by atoms with Crippen LogP contribution in [0.2, 0.25) is 20.1 Å². The number of piperidine rings is 2. The second-order valence-electron chi connectivity index (χ2n) is 30.9. The molecular formula is C80H86Cl4F3N23O4S. The van der Waals surface area contributed by atoms with Crippen molar-refractivity contribution in [2.24, 2.45) is 20.0 Å². The molecule has 7 aliphatic rings. The zero-order valence-electron chi connectivity index (χ0n) is 64.2. The number of hydrogen-bond donors (Lipinski definition) is 6. The van der Waals surface area contributed by atoms with Crippen molar-refractivity contribution in [2.45, 2.75) is 89.5 Å². The number of aromatic amines is 5. The van der Waals surface area contributed by atoms with Gasteiger partial charge in [0.1, 0.15) is 5.76 Å². The maximum absolute atomic E-state index is 13.3. The number of oxazole rings is 1. The highest BCUT2D eigenvalue weighted by molar-refractivity contribution is 7.92. The smallest absolute Gasteiger partial charge is 0.416 e. The molecule has 5 saturated heterocycles. The summed E-state index contributed by atoms with van der Waals surface area (Å²) in [7, 11) is 2.68. The molecule has 2 bridgehead atoms. The van der Waals surface area contributed by atoms with Crippen molar-refractivity contribution in [1.29, 1.82) is 0 Å². The third kappa shape index (κ3) is 16.8. The molecule has 0 saturated carbocycles. The second-order valence-corrected chi connectivity index (χ2v) is 34.4. The second kappa shape index (κ2) is 31.8. The van der Waals surface area contributed by atoms with Crippen molar-refractivity contribution < 1.29 is 30.8 Å². The number of nitrogens with zero attached hydrogens (tertiary/aromatic N) is 17. The average molecular weight is 1660 g/mol. The molecule has 0 unspecified atom stereocenters. The van der Waals surface area contributed by atoms with Gasteiger partial charge in [-0.2, -0.15) is 43.8 Å². The van der Waals surface area contributed by atoms with Crippen LogP contribution < -0.4 is 34.1 Å². The first kappa shape index (κ1) is 78.2. The zero-order valence-corrected chi connectivity index (χ0v) is 68.1. The van der Waals surface area contributed by atoms with Crippen molar-refractivity contribution in [2.75, 3.05) is 113 Å². The molecule has 5 fully saturated rings. The van der Waals surface area contributed by atoms with Crippen molar-refractivity contribution in [3.63, 3.8) is 0 Å². The first-order valence-electron chi connectivity index (χ1n) is 37.9. The molecule has 27 nitrogen and oxygen atoms in total. The summed E-state index contributed by atoms with van der Waals surface area (Å²) < 4.78 is 74.6. The van der Waals surface area contributed by atoms with Crippen LogP contribution >= 0.6 is 46.4 Å². The molecule has 7 aliphatic heterocycles. The largest absolute Gasteiger partial charge is 0.444 e. The Kier molecular flexibility index (Phi) is 21.6. The highest BCUT2D eigenvalue weighted by Crippen LogP contribution is 2.44. The monoisotopic (exact) mass is 1660 g/mol. The van der Waals surface area contributed by atoms with Gasteiger partial charge in [-0.1, -0.05) is 72.4 Å². The number of hydrogen-bond acceptors (Lipinski definition) is 18. The molecule has 6 aromatic carbocycles. The van der Waals surface area contributed by atoms with Gasteiger partial charge >= 0.3 is 6.18 Å². The van der Waals surface area contributed by atoms with E-state index in [2.05, 4.69) is 106 Å². The summed E-state index contributed by atoms with van der Waals surface area (Å²) in [5.74, 6) is 3.13. The number of fused-ring (bicyclic) bond motifs is 11. The summed E-state index contributed by atoms with van der Waals surface area (Å²) >= 11 is 24.9. The lowest BCUT2D eigenvalue weighted by molar-refractivity contribution is -0.138. The molecule has 2 atom stereocenters. The molecule has 0 spiro atoms. The number of halogens is 7. The fraction of sp³-hybridized carbons (Fsp3) is 0.362. The van der Waals surface area contributed by atoms with Crippen molar-refractivity contribution in [3.8, 4) is 0 Å². The number of nitrogens with one attached hydrogen (secondary N) is 6. The van der Waals surface area contributed by atoms with E-state index < -0.39 is 21.8 Å². The molecule has 8 aromatic heterocycles. The van der Waals surface area contributed by atoms with Crippen molar-refractivity contribution in [1.82, 2.24) is 80.2 Å². The number of imidazole rings is 1. The highest BCUT2D eigenvalue weighted by Gasteiger charge is 2.41. The number of benzene rings is 6. The fourth-order valence-electron chi connectivity index (χ4n) is 16.9. The number of alkyl halides is 3. The van der Waals surface area contributed by atoms with E-state index in [0.717, 1.165) is 204 Å². The zero-order chi connectivity index (χ0) is 80.4. The Morgan fingerprint density at radius 1 is 0.574 bits per heavy atom. The topological polar surface area (TPSA) is 291 Å².